The second kappa shape index (κ2) is 6.63. The molecule has 0 spiro atoms. The van der Waals surface area contributed by atoms with Crippen LogP contribution < -0.4 is 10.5 Å². The van der Waals surface area contributed by atoms with Gasteiger partial charge in [-0.3, -0.25) is 0 Å². The van der Waals surface area contributed by atoms with Crippen LogP contribution in [0.5, 0.6) is 5.75 Å². The lowest BCUT2D eigenvalue weighted by molar-refractivity contribution is -0.138. The zero-order chi connectivity index (χ0) is 11.8. The van der Waals surface area contributed by atoms with Crippen molar-refractivity contribution in [3.05, 3.63) is 43.0 Å². The Morgan fingerprint density at radius 1 is 1.38 bits per heavy atom. The number of carbonyl (C=O) groups excluding carboxylic acids is 1. The Morgan fingerprint density at radius 3 is 2.69 bits per heavy atom. The highest BCUT2D eigenvalue weighted by Crippen LogP contribution is 2.08. The second-order valence-electron chi connectivity index (χ2n) is 3.22. The maximum atomic E-state index is 10.8. The summed E-state index contributed by atoms with van der Waals surface area (Å²) in [7, 11) is 0. The first-order valence-electron chi connectivity index (χ1n) is 4.95. The van der Waals surface area contributed by atoms with E-state index in [9.17, 15) is 4.79 Å². The number of esters is 1. The molecule has 0 radical (unpaired) electrons. The fourth-order valence-corrected chi connectivity index (χ4v) is 1.02. The summed E-state index contributed by atoms with van der Waals surface area (Å²) in [5, 5.41) is 0. The van der Waals surface area contributed by atoms with E-state index in [2.05, 4.69) is 6.58 Å². The molecule has 1 aromatic rings. The van der Waals surface area contributed by atoms with Crippen LogP contribution in [-0.2, 0) is 9.53 Å². The zero-order valence-corrected chi connectivity index (χ0v) is 8.96. The van der Waals surface area contributed by atoms with Gasteiger partial charge in [-0.25, -0.2) is 4.79 Å². The molecule has 0 saturated carbocycles. The van der Waals surface area contributed by atoms with Crippen LogP contribution in [0.25, 0.3) is 0 Å². The van der Waals surface area contributed by atoms with Crippen LogP contribution in [0.2, 0.25) is 0 Å². The van der Waals surface area contributed by atoms with Gasteiger partial charge in [0.15, 0.2) is 0 Å². The molecule has 1 rings (SSSR count). The van der Waals surface area contributed by atoms with Gasteiger partial charge in [0.2, 0.25) is 0 Å². The third kappa shape index (κ3) is 4.61. The maximum Gasteiger partial charge on any atom is 0.330 e. The molecule has 1 atom stereocenters. The Morgan fingerprint density at radius 2 is 2.06 bits per heavy atom. The van der Waals surface area contributed by atoms with Gasteiger partial charge in [0.05, 0.1) is 6.04 Å². The summed E-state index contributed by atoms with van der Waals surface area (Å²) in [4.78, 5) is 10.8. The lowest BCUT2D eigenvalue weighted by atomic mass is 10.3. The summed E-state index contributed by atoms with van der Waals surface area (Å²) in [5.74, 6) is 0.267. The predicted octanol–water partition coefficient (Wildman–Crippen LogP) is 1.12. The number of hydrogen-bond donors (Lipinski definition) is 1. The SMILES string of the molecule is C=CC(=O)OCC(N)COc1ccccc1. The molecular weight excluding hydrogens is 206 g/mol. The molecule has 4 heteroatoms. The molecule has 1 aromatic carbocycles. The molecule has 0 fully saturated rings. The molecule has 0 bridgehead atoms. The number of carbonyl (C=O) groups is 1. The van der Waals surface area contributed by atoms with Gasteiger partial charge < -0.3 is 15.2 Å². The van der Waals surface area contributed by atoms with Crippen molar-refractivity contribution >= 4 is 5.97 Å². The number of hydrogen-bond acceptors (Lipinski definition) is 4. The standard InChI is InChI=1S/C12H15NO3/c1-2-12(14)16-9-10(13)8-15-11-6-4-3-5-7-11/h2-7,10H,1,8-9,13H2. The number of benzene rings is 1. The van der Waals surface area contributed by atoms with Crippen molar-refractivity contribution < 1.29 is 14.3 Å². The van der Waals surface area contributed by atoms with Crippen molar-refractivity contribution in [1.82, 2.24) is 0 Å². The van der Waals surface area contributed by atoms with Gasteiger partial charge in [0.25, 0.3) is 0 Å². The smallest absolute Gasteiger partial charge is 0.330 e. The molecule has 16 heavy (non-hydrogen) atoms. The maximum absolute atomic E-state index is 10.8. The highest BCUT2D eigenvalue weighted by atomic mass is 16.5. The average molecular weight is 221 g/mol. The van der Waals surface area contributed by atoms with Gasteiger partial charge in [0.1, 0.15) is 19.0 Å². The number of nitrogens with two attached hydrogens (primary N) is 1. The van der Waals surface area contributed by atoms with Crippen molar-refractivity contribution in [3.8, 4) is 5.75 Å². The third-order valence-electron chi connectivity index (χ3n) is 1.81. The van der Waals surface area contributed by atoms with Crippen molar-refractivity contribution in [2.75, 3.05) is 13.2 Å². The molecule has 0 aromatic heterocycles. The summed E-state index contributed by atoms with van der Waals surface area (Å²) in [6.07, 6.45) is 1.10. The fourth-order valence-electron chi connectivity index (χ4n) is 1.02. The van der Waals surface area contributed by atoms with Crippen LogP contribution >= 0.6 is 0 Å². The summed E-state index contributed by atoms with van der Waals surface area (Å²) in [6.45, 7) is 3.71. The van der Waals surface area contributed by atoms with Crippen molar-refractivity contribution in [1.29, 1.82) is 0 Å². The van der Waals surface area contributed by atoms with Crippen LogP contribution in [0.4, 0.5) is 0 Å². The monoisotopic (exact) mass is 221 g/mol. The zero-order valence-electron chi connectivity index (χ0n) is 8.96. The quantitative estimate of drug-likeness (QED) is 0.577. The first-order valence-corrected chi connectivity index (χ1v) is 4.95. The molecule has 1 unspecified atom stereocenters. The molecule has 4 nitrogen and oxygen atoms in total. The minimum atomic E-state index is -0.477. The van der Waals surface area contributed by atoms with Crippen LogP contribution in [0.3, 0.4) is 0 Å². The van der Waals surface area contributed by atoms with Crippen LogP contribution in [-0.4, -0.2) is 25.2 Å². The van der Waals surface area contributed by atoms with Gasteiger partial charge in [0, 0.05) is 6.08 Å². The van der Waals surface area contributed by atoms with Crippen LogP contribution in [0.1, 0.15) is 0 Å². The van der Waals surface area contributed by atoms with E-state index in [1.807, 2.05) is 30.3 Å². The van der Waals surface area contributed by atoms with Gasteiger partial charge in [-0.15, -0.1) is 0 Å². The third-order valence-corrected chi connectivity index (χ3v) is 1.81. The molecule has 2 N–H and O–H groups in total. The van der Waals surface area contributed by atoms with E-state index in [-0.39, 0.29) is 12.6 Å². The highest BCUT2D eigenvalue weighted by molar-refractivity contribution is 5.81. The average Bonchev–Trinajstić information content (AvgIpc) is 2.34. The normalized spacial score (nSPS) is 11.6. The lowest BCUT2D eigenvalue weighted by Crippen LogP contribution is -2.33. The van der Waals surface area contributed by atoms with Gasteiger partial charge in [-0.1, -0.05) is 24.8 Å². The predicted molar refractivity (Wildman–Crippen MR) is 61.1 cm³/mol. The number of para-hydroxylation sites is 1. The van der Waals surface area contributed by atoms with Gasteiger partial charge >= 0.3 is 5.97 Å². The Hall–Kier alpha value is -1.81. The Labute approximate surface area is 94.7 Å². The number of rotatable bonds is 6. The molecule has 0 aliphatic rings. The molecule has 0 amide bonds. The summed E-state index contributed by atoms with van der Waals surface area (Å²) in [5.41, 5.74) is 5.69. The van der Waals surface area contributed by atoms with Crippen molar-refractivity contribution in [2.24, 2.45) is 5.73 Å². The minimum Gasteiger partial charge on any atom is -0.492 e. The second-order valence-corrected chi connectivity index (χ2v) is 3.22. The molecule has 0 saturated heterocycles. The molecule has 0 heterocycles. The van der Waals surface area contributed by atoms with Gasteiger partial charge in [-0.2, -0.15) is 0 Å². The van der Waals surface area contributed by atoms with Gasteiger partial charge in [-0.05, 0) is 12.1 Å². The van der Waals surface area contributed by atoms with Crippen molar-refractivity contribution in [3.63, 3.8) is 0 Å². The van der Waals surface area contributed by atoms with E-state index >= 15 is 0 Å². The Bertz CT molecular complexity index is 337. The van der Waals surface area contributed by atoms with E-state index in [1.165, 1.54) is 0 Å². The summed E-state index contributed by atoms with van der Waals surface area (Å²) >= 11 is 0. The van der Waals surface area contributed by atoms with Crippen LogP contribution in [0.15, 0.2) is 43.0 Å². The van der Waals surface area contributed by atoms with E-state index in [4.69, 9.17) is 15.2 Å². The largest absolute Gasteiger partial charge is 0.492 e. The minimum absolute atomic E-state index is 0.123. The summed E-state index contributed by atoms with van der Waals surface area (Å²) in [6, 6.07) is 8.98. The fraction of sp³-hybridized carbons (Fsp3) is 0.250. The molecule has 86 valence electrons. The van der Waals surface area contributed by atoms with Crippen molar-refractivity contribution in [2.45, 2.75) is 6.04 Å². The first kappa shape index (κ1) is 12.3. The van der Waals surface area contributed by atoms with Crippen LogP contribution in [0, 0.1) is 0 Å². The van der Waals surface area contributed by atoms with E-state index in [0.29, 0.717) is 6.61 Å². The molecule has 0 aliphatic heterocycles. The highest BCUT2D eigenvalue weighted by Gasteiger charge is 2.06. The first-order chi connectivity index (χ1) is 7.72. The molecular formula is C12H15NO3. The number of ether oxygens (including phenoxy) is 2. The lowest BCUT2D eigenvalue weighted by Gasteiger charge is -2.12. The Kier molecular flexibility index (Phi) is 5.08. The van der Waals surface area contributed by atoms with E-state index in [1.54, 1.807) is 0 Å². The van der Waals surface area contributed by atoms with E-state index in [0.717, 1.165) is 11.8 Å². The molecule has 0 aliphatic carbocycles. The topological polar surface area (TPSA) is 61.5 Å². The van der Waals surface area contributed by atoms with E-state index < -0.39 is 5.97 Å². The summed E-state index contributed by atoms with van der Waals surface area (Å²) < 4.78 is 10.2. The Balaban J connectivity index is 2.22.